The number of carboxylic acid groups (broad SMARTS) is 1. The molecular weight excluding hydrogens is 566 g/mol. The summed E-state index contributed by atoms with van der Waals surface area (Å²) in [6, 6.07) is 35.6. The largest absolute Gasteiger partial charge is 0.487 e. The van der Waals surface area contributed by atoms with Gasteiger partial charge in [0.05, 0.1) is 11.7 Å². The summed E-state index contributed by atoms with van der Waals surface area (Å²) in [5.74, 6) is -1.83. The summed E-state index contributed by atoms with van der Waals surface area (Å²) >= 11 is 0. The number of anilines is 1. The number of hydrogen-bond donors (Lipinski definition) is 4. The summed E-state index contributed by atoms with van der Waals surface area (Å²) in [5, 5.41) is 17.4. The Morgan fingerprint density at radius 2 is 1.40 bits per heavy atom. The zero-order chi connectivity index (χ0) is 31.6. The summed E-state index contributed by atoms with van der Waals surface area (Å²) in [6.07, 6.45) is 1.05. The van der Waals surface area contributed by atoms with E-state index in [9.17, 15) is 19.5 Å². The molecule has 8 heteroatoms. The van der Waals surface area contributed by atoms with Crippen molar-refractivity contribution < 1.29 is 24.2 Å². The number of amides is 2. The normalized spacial score (nSPS) is 12.2. The van der Waals surface area contributed by atoms with Gasteiger partial charge < -0.3 is 26.2 Å². The monoisotopic (exact) mass is 601 g/mol. The minimum atomic E-state index is -1.12. The molecule has 0 aliphatic heterocycles. The van der Waals surface area contributed by atoms with Crippen molar-refractivity contribution in [3.8, 4) is 5.75 Å². The Bertz CT molecular complexity index is 1780. The lowest BCUT2D eigenvalue weighted by Crippen LogP contribution is -2.41. The highest BCUT2D eigenvalue weighted by Gasteiger charge is 2.22. The Kier molecular flexibility index (Phi) is 10.2. The van der Waals surface area contributed by atoms with Gasteiger partial charge in [0, 0.05) is 5.56 Å². The molecular formula is C37H35N3O5. The number of aliphatic carboxylic acids is 1. The van der Waals surface area contributed by atoms with E-state index in [2.05, 4.69) is 10.6 Å². The molecule has 0 aliphatic rings. The lowest BCUT2D eigenvalue weighted by Gasteiger charge is -2.18. The van der Waals surface area contributed by atoms with Gasteiger partial charge in [-0.05, 0) is 64.9 Å². The summed E-state index contributed by atoms with van der Waals surface area (Å²) in [7, 11) is 0. The number of carboxylic acids is 1. The van der Waals surface area contributed by atoms with Gasteiger partial charge in [-0.25, -0.2) is 4.79 Å². The molecule has 5 aromatic carbocycles. The van der Waals surface area contributed by atoms with Gasteiger partial charge in [0.1, 0.15) is 18.4 Å². The molecule has 5 N–H and O–H groups in total. The predicted molar refractivity (Wildman–Crippen MR) is 175 cm³/mol. The van der Waals surface area contributed by atoms with Gasteiger partial charge in [-0.2, -0.15) is 0 Å². The molecule has 0 aliphatic carbocycles. The van der Waals surface area contributed by atoms with E-state index in [0.29, 0.717) is 18.5 Å². The summed E-state index contributed by atoms with van der Waals surface area (Å²) in [6.45, 7) is 0.187. The van der Waals surface area contributed by atoms with E-state index in [1.807, 2.05) is 103 Å². The minimum absolute atomic E-state index is 0.187. The molecule has 0 radical (unpaired) electrons. The Morgan fingerprint density at radius 3 is 2.11 bits per heavy atom. The van der Waals surface area contributed by atoms with Crippen molar-refractivity contribution in [3.05, 3.63) is 144 Å². The molecule has 2 amide bonds. The number of benzene rings is 5. The Labute approximate surface area is 261 Å². The molecule has 0 spiro atoms. The molecule has 0 unspecified atom stereocenters. The van der Waals surface area contributed by atoms with Crippen LogP contribution in [0.2, 0.25) is 0 Å². The standard InChI is InChI=1S/C37H35N3O5/c38-31(22-27-15-17-28-13-7-8-14-29(28)21-27)36(42)39-32-20-18-30(23-34(32)45-24-26-11-5-2-6-12-26)35(41)40-33(37(43)44)19-16-25-9-3-1-4-10-25/h1-15,17-18,20-21,23,31,33H,16,19,22,24,38H2,(H,39,42)(H,40,41)(H,43,44)/t31-,33-/m0/s1. The molecule has 0 fully saturated rings. The third-order valence-electron chi connectivity index (χ3n) is 7.51. The van der Waals surface area contributed by atoms with E-state index < -0.39 is 29.9 Å². The molecule has 45 heavy (non-hydrogen) atoms. The van der Waals surface area contributed by atoms with Crippen molar-refractivity contribution in [1.29, 1.82) is 0 Å². The number of ether oxygens (including phenoxy) is 1. The molecule has 0 saturated carbocycles. The van der Waals surface area contributed by atoms with Gasteiger partial charge in [0.15, 0.2) is 0 Å². The van der Waals surface area contributed by atoms with Crippen molar-refractivity contribution in [3.63, 3.8) is 0 Å². The van der Waals surface area contributed by atoms with Gasteiger partial charge in [0.25, 0.3) is 5.91 Å². The summed E-state index contributed by atoms with van der Waals surface area (Å²) in [4.78, 5) is 38.3. The van der Waals surface area contributed by atoms with E-state index >= 15 is 0 Å². The maximum absolute atomic E-state index is 13.2. The van der Waals surface area contributed by atoms with Gasteiger partial charge in [0.2, 0.25) is 5.91 Å². The topological polar surface area (TPSA) is 131 Å². The van der Waals surface area contributed by atoms with Crippen LogP contribution < -0.4 is 21.1 Å². The molecule has 228 valence electrons. The predicted octanol–water partition coefficient (Wildman–Crippen LogP) is 5.74. The maximum Gasteiger partial charge on any atom is 0.326 e. The van der Waals surface area contributed by atoms with E-state index in [1.165, 1.54) is 12.1 Å². The number of fused-ring (bicyclic) bond motifs is 1. The van der Waals surface area contributed by atoms with Gasteiger partial charge in [-0.3, -0.25) is 9.59 Å². The fourth-order valence-corrected chi connectivity index (χ4v) is 5.01. The van der Waals surface area contributed by atoms with Crippen LogP contribution in [0.4, 0.5) is 5.69 Å². The average molecular weight is 602 g/mol. The van der Waals surface area contributed by atoms with Crippen LogP contribution in [0.25, 0.3) is 10.8 Å². The lowest BCUT2D eigenvalue weighted by molar-refractivity contribution is -0.139. The Balaban J connectivity index is 1.30. The maximum atomic E-state index is 13.2. The third kappa shape index (κ3) is 8.55. The highest BCUT2D eigenvalue weighted by Crippen LogP contribution is 2.28. The van der Waals surface area contributed by atoms with Crippen molar-refractivity contribution in [2.24, 2.45) is 5.73 Å². The number of carbonyl (C=O) groups is 3. The number of rotatable bonds is 13. The first kappa shape index (κ1) is 31.0. The van der Waals surface area contributed by atoms with Gasteiger partial charge in [-0.1, -0.05) is 103 Å². The smallest absolute Gasteiger partial charge is 0.326 e. The van der Waals surface area contributed by atoms with Crippen molar-refractivity contribution in [2.75, 3.05) is 5.32 Å². The lowest BCUT2D eigenvalue weighted by atomic mass is 10.0. The van der Waals surface area contributed by atoms with Crippen LogP contribution in [0.1, 0.15) is 33.5 Å². The van der Waals surface area contributed by atoms with Crippen LogP contribution in [0.3, 0.4) is 0 Å². The molecule has 2 atom stereocenters. The molecule has 8 nitrogen and oxygen atoms in total. The molecule has 0 aromatic heterocycles. The molecule has 5 rings (SSSR count). The van der Waals surface area contributed by atoms with E-state index in [4.69, 9.17) is 10.5 Å². The average Bonchev–Trinajstić information content (AvgIpc) is 3.06. The van der Waals surface area contributed by atoms with Crippen molar-refractivity contribution >= 4 is 34.2 Å². The number of hydrogen-bond acceptors (Lipinski definition) is 5. The minimum Gasteiger partial charge on any atom is -0.487 e. The molecule has 5 aromatic rings. The third-order valence-corrected chi connectivity index (χ3v) is 7.51. The van der Waals surface area contributed by atoms with E-state index in [1.54, 1.807) is 6.07 Å². The zero-order valence-corrected chi connectivity index (χ0v) is 24.7. The van der Waals surface area contributed by atoms with Gasteiger partial charge >= 0.3 is 5.97 Å². The summed E-state index contributed by atoms with van der Waals surface area (Å²) < 4.78 is 6.07. The van der Waals surface area contributed by atoms with Crippen molar-refractivity contribution in [1.82, 2.24) is 5.32 Å². The molecule has 0 heterocycles. The SMILES string of the molecule is N[C@@H](Cc1ccc2ccccc2c1)C(=O)Nc1ccc(C(=O)N[C@@H](CCc2ccccc2)C(=O)O)cc1OCc1ccccc1. The fraction of sp³-hybridized carbons (Fsp3) is 0.162. The van der Waals surface area contributed by atoms with Crippen LogP contribution in [0.5, 0.6) is 5.75 Å². The van der Waals surface area contributed by atoms with E-state index in [0.717, 1.165) is 27.5 Å². The second-order valence-electron chi connectivity index (χ2n) is 10.9. The number of nitrogens with one attached hydrogen (secondary N) is 2. The van der Waals surface area contributed by atoms with Crippen LogP contribution in [-0.4, -0.2) is 35.0 Å². The van der Waals surface area contributed by atoms with Crippen LogP contribution in [0, 0.1) is 0 Å². The second kappa shape index (κ2) is 14.8. The van der Waals surface area contributed by atoms with Crippen molar-refractivity contribution in [2.45, 2.75) is 38.0 Å². The number of nitrogens with two attached hydrogens (primary N) is 1. The highest BCUT2D eigenvalue weighted by molar-refractivity contribution is 6.00. The number of carbonyl (C=O) groups excluding carboxylic acids is 2. The zero-order valence-electron chi connectivity index (χ0n) is 24.7. The van der Waals surface area contributed by atoms with Gasteiger partial charge in [-0.15, -0.1) is 0 Å². The highest BCUT2D eigenvalue weighted by atomic mass is 16.5. The van der Waals surface area contributed by atoms with Crippen LogP contribution in [0.15, 0.2) is 121 Å². The first-order valence-corrected chi connectivity index (χ1v) is 14.8. The number of aryl methyl sites for hydroxylation is 1. The Hall–Kier alpha value is -5.47. The first-order valence-electron chi connectivity index (χ1n) is 14.8. The van der Waals surface area contributed by atoms with Crippen LogP contribution in [-0.2, 0) is 29.0 Å². The quantitative estimate of drug-likeness (QED) is 0.136. The fourth-order valence-electron chi connectivity index (χ4n) is 5.01. The Morgan fingerprint density at radius 1 is 0.733 bits per heavy atom. The second-order valence-corrected chi connectivity index (χ2v) is 10.9. The summed E-state index contributed by atoms with van der Waals surface area (Å²) in [5.41, 5.74) is 9.67. The van der Waals surface area contributed by atoms with E-state index in [-0.39, 0.29) is 24.3 Å². The molecule has 0 saturated heterocycles. The first-order chi connectivity index (χ1) is 21.9. The van der Waals surface area contributed by atoms with Crippen LogP contribution >= 0.6 is 0 Å². The molecule has 0 bridgehead atoms.